The first-order valence-electron chi connectivity index (χ1n) is 7.61. The topological polar surface area (TPSA) is 70.8 Å². The molecule has 0 atom stereocenters. The van der Waals surface area contributed by atoms with Gasteiger partial charge in [0.2, 0.25) is 0 Å². The van der Waals surface area contributed by atoms with Crippen LogP contribution in [0.2, 0.25) is 0 Å². The van der Waals surface area contributed by atoms with Gasteiger partial charge in [0.25, 0.3) is 5.69 Å². The number of hydrogen-bond acceptors (Lipinski definition) is 5. The molecule has 1 N–H and O–H groups in total. The SMILES string of the molecule is O=[N+]([O-])c1cccc(NN=Cc2ccc(N3CCCC3)cc2)c1. The molecule has 1 aliphatic heterocycles. The number of nitro benzene ring substituents is 1. The number of non-ortho nitro benzene ring substituents is 1. The Hall–Kier alpha value is -2.89. The van der Waals surface area contributed by atoms with Crippen molar-refractivity contribution in [3.63, 3.8) is 0 Å². The van der Waals surface area contributed by atoms with Gasteiger partial charge in [-0.25, -0.2) is 0 Å². The molecule has 23 heavy (non-hydrogen) atoms. The van der Waals surface area contributed by atoms with Gasteiger partial charge in [0.15, 0.2) is 0 Å². The zero-order chi connectivity index (χ0) is 16.1. The van der Waals surface area contributed by atoms with E-state index in [1.165, 1.54) is 30.7 Å². The summed E-state index contributed by atoms with van der Waals surface area (Å²) in [5.41, 5.74) is 5.66. The van der Waals surface area contributed by atoms with Crippen molar-refractivity contribution < 1.29 is 4.92 Å². The summed E-state index contributed by atoms with van der Waals surface area (Å²) < 4.78 is 0. The zero-order valence-electron chi connectivity index (χ0n) is 12.7. The number of rotatable bonds is 5. The molecular formula is C17H18N4O2. The third-order valence-electron chi connectivity index (χ3n) is 3.83. The summed E-state index contributed by atoms with van der Waals surface area (Å²) in [5.74, 6) is 0. The molecular weight excluding hydrogens is 292 g/mol. The van der Waals surface area contributed by atoms with E-state index in [1.807, 2.05) is 12.1 Å². The van der Waals surface area contributed by atoms with Crippen LogP contribution in [0.15, 0.2) is 53.6 Å². The van der Waals surface area contributed by atoms with Crippen LogP contribution in [-0.4, -0.2) is 24.2 Å². The Balaban J connectivity index is 1.61. The average molecular weight is 310 g/mol. The van der Waals surface area contributed by atoms with E-state index in [2.05, 4.69) is 27.6 Å². The maximum Gasteiger partial charge on any atom is 0.271 e. The van der Waals surface area contributed by atoms with Gasteiger partial charge in [-0.15, -0.1) is 0 Å². The van der Waals surface area contributed by atoms with Crippen molar-refractivity contribution >= 4 is 23.3 Å². The van der Waals surface area contributed by atoms with Gasteiger partial charge in [0.05, 0.1) is 16.8 Å². The molecule has 118 valence electrons. The lowest BCUT2D eigenvalue weighted by molar-refractivity contribution is -0.384. The lowest BCUT2D eigenvalue weighted by Gasteiger charge is -2.17. The van der Waals surface area contributed by atoms with Crippen LogP contribution in [0.4, 0.5) is 17.1 Å². The van der Waals surface area contributed by atoms with Gasteiger partial charge < -0.3 is 4.90 Å². The Bertz CT molecular complexity index is 707. The zero-order valence-corrected chi connectivity index (χ0v) is 12.7. The minimum Gasteiger partial charge on any atom is -0.372 e. The molecule has 1 fully saturated rings. The first kappa shape index (κ1) is 15.0. The molecule has 3 rings (SSSR count). The predicted octanol–water partition coefficient (Wildman–Crippen LogP) is 3.64. The van der Waals surface area contributed by atoms with Crippen LogP contribution in [0, 0.1) is 10.1 Å². The molecule has 0 spiro atoms. The van der Waals surface area contributed by atoms with Crippen LogP contribution in [0.25, 0.3) is 0 Å². The van der Waals surface area contributed by atoms with E-state index in [9.17, 15) is 10.1 Å². The second-order valence-electron chi connectivity index (χ2n) is 5.46. The molecule has 1 heterocycles. The number of nitro groups is 1. The van der Waals surface area contributed by atoms with E-state index < -0.39 is 4.92 Å². The molecule has 6 nitrogen and oxygen atoms in total. The number of hydrazone groups is 1. The highest BCUT2D eigenvalue weighted by Crippen LogP contribution is 2.20. The summed E-state index contributed by atoms with van der Waals surface area (Å²) in [4.78, 5) is 12.7. The van der Waals surface area contributed by atoms with Gasteiger partial charge in [-0.1, -0.05) is 18.2 Å². The van der Waals surface area contributed by atoms with Crippen molar-refractivity contribution in [2.45, 2.75) is 12.8 Å². The summed E-state index contributed by atoms with van der Waals surface area (Å²) in [7, 11) is 0. The maximum atomic E-state index is 10.7. The lowest BCUT2D eigenvalue weighted by Crippen LogP contribution is -2.17. The van der Waals surface area contributed by atoms with Crippen LogP contribution in [-0.2, 0) is 0 Å². The highest BCUT2D eigenvalue weighted by Gasteiger charge is 2.11. The number of hydrogen-bond donors (Lipinski definition) is 1. The lowest BCUT2D eigenvalue weighted by atomic mass is 10.2. The number of nitrogens with one attached hydrogen (secondary N) is 1. The number of anilines is 2. The first-order chi connectivity index (χ1) is 11.2. The quantitative estimate of drug-likeness (QED) is 0.520. The molecule has 2 aromatic rings. The molecule has 0 unspecified atom stereocenters. The fourth-order valence-electron chi connectivity index (χ4n) is 2.62. The van der Waals surface area contributed by atoms with E-state index in [-0.39, 0.29) is 5.69 Å². The van der Waals surface area contributed by atoms with Gasteiger partial charge in [-0.3, -0.25) is 15.5 Å². The van der Waals surface area contributed by atoms with Crippen LogP contribution < -0.4 is 10.3 Å². The Morgan fingerprint density at radius 3 is 2.57 bits per heavy atom. The molecule has 0 radical (unpaired) electrons. The number of nitrogens with zero attached hydrogens (tertiary/aromatic N) is 3. The summed E-state index contributed by atoms with van der Waals surface area (Å²) in [5, 5.41) is 14.9. The van der Waals surface area contributed by atoms with Gasteiger partial charge >= 0.3 is 0 Å². The maximum absolute atomic E-state index is 10.7. The van der Waals surface area contributed by atoms with Gasteiger partial charge in [-0.05, 0) is 36.6 Å². The van der Waals surface area contributed by atoms with Crippen LogP contribution in [0.5, 0.6) is 0 Å². The van der Waals surface area contributed by atoms with Gasteiger partial charge in [0.1, 0.15) is 0 Å². The van der Waals surface area contributed by atoms with Crippen LogP contribution in [0.3, 0.4) is 0 Å². The Morgan fingerprint density at radius 1 is 1.13 bits per heavy atom. The highest BCUT2D eigenvalue weighted by atomic mass is 16.6. The molecule has 0 aromatic heterocycles. The standard InChI is InChI=1S/C17H18N4O2/c22-21(23)17-5-3-4-15(12-17)19-18-13-14-6-8-16(9-7-14)20-10-1-2-11-20/h3-9,12-13,19H,1-2,10-11H2. The summed E-state index contributed by atoms with van der Waals surface area (Å²) >= 11 is 0. The molecule has 0 saturated carbocycles. The first-order valence-corrected chi connectivity index (χ1v) is 7.61. The Kier molecular flexibility index (Phi) is 4.52. The monoisotopic (exact) mass is 310 g/mol. The van der Waals surface area contributed by atoms with Crippen molar-refractivity contribution in [3.8, 4) is 0 Å². The highest BCUT2D eigenvalue weighted by molar-refractivity contribution is 5.81. The largest absolute Gasteiger partial charge is 0.372 e. The fraction of sp³-hybridized carbons (Fsp3) is 0.235. The van der Waals surface area contributed by atoms with Crippen molar-refractivity contribution in [2.75, 3.05) is 23.4 Å². The van der Waals surface area contributed by atoms with Crippen molar-refractivity contribution in [3.05, 3.63) is 64.2 Å². The minimum atomic E-state index is -0.425. The fourth-order valence-corrected chi connectivity index (χ4v) is 2.62. The molecule has 0 amide bonds. The molecule has 0 aliphatic carbocycles. The molecule has 2 aromatic carbocycles. The summed E-state index contributed by atoms with van der Waals surface area (Å²) in [6.07, 6.45) is 4.22. The van der Waals surface area contributed by atoms with Crippen LogP contribution >= 0.6 is 0 Å². The minimum absolute atomic E-state index is 0.0418. The van der Waals surface area contributed by atoms with Crippen LogP contribution in [0.1, 0.15) is 18.4 Å². The molecule has 6 heteroatoms. The van der Waals surface area contributed by atoms with E-state index in [0.29, 0.717) is 5.69 Å². The van der Waals surface area contributed by atoms with Gasteiger partial charge in [0, 0.05) is 30.9 Å². The molecule has 1 saturated heterocycles. The molecule has 1 aliphatic rings. The van der Waals surface area contributed by atoms with Gasteiger partial charge in [-0.2, -0.15) is 5.10 Å². The van der Waals surface area contributed by atoms with E-state index in [0.717, 1.165) is 18.7 Å². The number of benzene rings is 2. The van der Waals surface area contributed by atoms with Crippen molar-refractivity contribution in [1.29, 1.82) is 0 Å². The average Bonchev–Trinajstić information content (AvgIpc) is 3.10. The smallest absolute Gasteiger partial charge is 0.271 e. The normalized spacial score (nSPS) is 14.3. The van der Waals surface area contributed by atoms with Crippen molar-refractivity contribution in [1.82, 2.24) is 0 Å². The third-order valence-corrected chi connectivity index (χ3v) is 3.83. The second-order valence-corrected chi connectivity index (χ2v) is 5.46. The molecule has 0 bridgehead atoms. The van der Waals surface area contributed by atoms with E-state index in [4.69, 9.17) is 0 Å². The predicted molar refractivity (Wildman–Crippen MR) is 92.2 cm³/mol. The third kappa shape index (κ3) is 3.85. The van der Waals surface area contributed by atoms with E-state index >= 15 is 0 Å². The van der Waals surface area contributed by atoms with Crippen molar-refractivity contribution in [2.24, 2.45) is 5.10 Å². The second kappa shape index (κ2) is 6.91. The summed E-state index contributed by atoms with van der Waals surface area (Å²) in [6, 6.07) is 14.5. The summed E-state index contributed by atoms with van der Waals surface area (Å²) in [6.45, 7) is 2.25. The van der Waals surface area contributed by atoms with E-state index in [1.54, 1.807) is 18.3 Å². The Labute approximate surface area is 134 Å². The Morgan fingerprint density at radius 2 is 1.87 bits per heavy atom.